The van der Waals surface area contributed by atoms with Crippen molar-refractivity contribution in [2.45, 2.75) is 12.8 Å². The van der Waals surface area contributed by atoms with E-state index in [0.717, 1.165) is 0 Å². The second-order valence-electron chi connectivity index (χ2n) is 8.17. The molecular weight excluding hydrogens is 464 g/mol. The third kappa shape index (κ3) is 3.10. The number of aryl methyl sites for hydroxylation is 1. The van der Waals surface area contributed by atoms with Gasteiger partial charge in [0.15, 0.2) is 0 Å². The highest BCUT2D eigenvalue weighted by Crippen LogP contribution is 2.47. The molecule has 1 amide bonds. The smallest absolute Gasteiger partial charge is 0.340 e. The first-order valence-electron chi connectivity index (χ1n) is 10.4. The molecule has 10 nitrogen and oxygen atoms in total. The van der Waals surface area contributed by atoms with Gasteiger partial charge in [0.05, 0.1) is 28.8 Å². The van der Waals surface area contributed by atoms with E-state index in [9.17, 15) is 24.8 Å². The number of nitro groups is 1. The highest BCUT2D eigenvalue weighted by atomic mass is 35.5. The molecule has 0 spiro atoms. The highest BCUT2D eigenvalue weighted by molar-refractivity contribution is 6.20. The van der Waals surface area contributed by atoms with E-state index in [1.807, 2.05) is 0 Å². The topological polar surface area (TPSA) is 142 Å². The number of hydrogen-bond donors (Lipinski definition) is 3. The molecule has 174 valence electrons. The third-order valence-electron chi connectivity index (χ3n) is 6.23. The number of rotatable bonds is 4. The second-order valence-corrected chi connectivity index (χ2v) is 8.48. The molecule has 0 fully saturated rings. The number of phenols is 1. The Balaban J connectivity index is 1.66. The fourth-order valence-electron chi connectivity index (χ4n) is 4.71. The number of ether oxygens (including phenoxy) is 1. The van der Waals surface area contributed by atoms with Crippen LogP contribution in [-0.2, 0) is 4.74 Å². The minimum Gasteiger partial charge on any atom is -0.506 e. The molecule has 3 heterocycles. The van der Waals surface area contributed by atoms with Crippen LogP contribution in [0.1, 0.15) is 38.0 Å². The molecule has 2 aromatic heterocycles. The van der Waals surface area contributed by atoms with E-state index >= 15 is 0 Å². The van der Waals surface area contributed by atoms with Crippen molar-refractivity contribution in [2.75, 3.05) is 24.4 Å². The van der Waals surface area contributed by atoms with Gasteiger partial charge in [0.25, 0.3) is 11.6 Å². The Labute approximate surface area is 197 Å². The quantitative estimate of drug-likeness (QED) is 0.171. The number of benzene rings is 2. The summed E-state index contributed by atoms with van der Waals surface area (Å²) < 4.78 is 4.95. The zero-order valence-corrected chi connectivity index (χ0v) is 18.9. The third-order valence-corrected chi connectivity index (χ3v) is 6.60. The molecule has 1 aliphatic rings. The van der Waals surface area contributed by atoms with Crippen LogP contribution in [0.2, 0.25) is 0 Å². The number of phenolic OH excluding ortho intramolecular Hbond substituents is 1. The van der Waals surface area contributed by atoms with Crippen LogP contribution in [0.25, 0.3) is 21.8 Å². The van der Waals surface area contributed by atoms with Gasteiger partial charge in [-0.3, -0.25) is 14.9 Å². The maximum Gasteiger partial charge on any atom is 0.340 e. The van der Waals surface area contributed by atoms with Gasteiger partial charge >= 0.3 is 5.97 Å². The number of nitrogens with zero attached hydrogens (tertiary/aromatic N) is 2. The lowest BCUT2D eigenvalue weighted by atomic mass is 9.95. The van der Waals surface area contributed by atoms with Crippen molar-refractivity contribution >= 4 is 56.7 Å². The molecule has 4 aromatic rings. The van der Waals surface area contributed by atoms with Crippen LogP contribution in [0.5, 0.6) is 5.75 Å². The Morgan fingerprint density at radius 1 is 1.29 bits per heavy atom. The van der Waals surface area contributed by atoms with Crippen LogP contribution in [0, 0.1) is 17.0 Å². The minimum absolute atomic E-state index is 0.0790. The summed E-state index contributed by atoms with van der Waals surface area (Å²) in [5.74, 6) is -1.19. The molecule has 0 bridgehead atoms. The van der Waals surface area contributed by atoms with Crippen LogP contribution in [0.3, 0.4) is 0 Å². The fourth-order valence-corrected chi connectivity index (χ4v) is 4.96. The number of hydrogen-bond acceptors (Lipinski definition) is 6. The summed E-state index contributed by atoms with van der Waals surface area (Å²) in [5.41, 5.74) is 3.03. The summed E-state index contributed by atoms with van der Waals surface area (Å²) in [6, 6.07) is 7.33. The number of aromatic amines is 2. The van der Waals surface area contributed by atoms with Gasteiger partial charge in [-0.05, 0) is 24.6 Å². The van der Waals surface area contributed by atoms with E-state index < -0.39 is 16.8 Å². The summed E-state index contributed by atoms with van der Waals surface area (Å²) in [7, 11) is 1.28. The number of esters is 1. The number of anilines is 1. The van der Waals surface area contributed by atoms with E-state index in [0.29, 0.717) is 38.8 Å². The van der Waals surface area contributed by atoms with Gasteiger partial charge in [0.2, 0.25) is 0 Å². The SMILES string of the molecule is COC(=O)c1c(C)[nH]c2c(O)cc3c(c12)[C@H](CCl)CN3C(=O)c1cc2cc([N+](=O)[O-])ccc2[nH]1. The van der Waals surface area contributed by atoms with Crippen molar-refractivity contribution in [3.8, 4) is 5.75 Å². The van der Waals surface area contributed by atoms with Crippen LogP contribution >= 0.6 is 11.6 Å². The molecule has 5 rings (SSSR count). The van der Waals surface area contributed by atoms with E-state index in [-0.39, 0.29) is 41.0 Å². The molecule has 0 unspecified atom stereocenters. The number of methoxy groups -OCH3 is 1. The van der Waals surface area contributed by atoms with Gasteiger partial charge in [-0.15, -0.1) is 11.6 Å². The number of nitrogens with one attached hydrogen (secondary N) is 2. The largest absolute Gasteiger partial charge is 0.506 e. The van der Waals surface area contributed by atoms with E-state index in [1.165, 1.54) is 30.2 Å². The first kappa shape index (κ1) is 21.8. The number of H-pyrrole nitrogens is 2. The van der Waals surface area contributed by atoms with Gasteiger partial charge in [-0.25, -0.2) is 4.79 Å². The standard InChI is InChI=1S/C23H19ClN4O6/c1-10-18(23(31)34-2)20-19-12(8-24)9-27(16(19)7-17(29)21(20)25-10)22(30)15-6-11-5-13(28(32)33)3-4-14(11)26-15/h3-7,12,25-26,29H,8-9H2,1-2H3/t12-/m1/s1. The van der Waals surface area contributed by atoms with E-state index in [4.69, 9.17) is 16.3 Å². The Bertz CT molecular complexity index is 1520. The highest BCUT2D eigenvalue weighted by Gasteiger charge is 2.38. The number of non-ortho nitro benzene ring substituents is 1. The number of nitro benzene ring substituents is 1. The number of amides is 1. The maximum absolute atomic E-state index is 13.5. The molecule has 1 atom stereocenters. The van der Waals surface area contributed by atoms with E-state index in [2.05, 4.69) is 9.97 Å². The van der Waals surface area contributed by atoms with Crippen LogP contribution in [0.15, 0.2) is 30.3 Å². The Morgan fingerprint density at radius 3 is 2.74 bits per heavy atom. The molecule has 3 N–H and O–H groups in total. The number of aromatic nitrogens is 2. The van der Waals surface area contributed by atoms with Crippen molar-refractivity contribution < 1.29 is 24.4 Å². The van der Waals surface area contributed by atoms with Crippen molar-refractivity contribution in [3.05, 3.63) is 63.0 Å². The Morgan fingerprint density at radius 2 is 2.06 bits per heavy atom. The number of carbonyl (C=O) groups excluding carboxylic acids is 2. The lowest BCUT2D eigenvalue weighted by molar-refractivity contribution is -0.384. The number of fused-ring (bicyclic) bond motifs is 4. The molecular formula is C23H19ClN4O6. The zero-order valence-electron chi connectivity index (χ0n) is 18.1. The first-order valence-corrected chi connectivity index (χ1v) is 10.9. The van der Waals surface area contributed by atoms with Crippen molar-refractivity contribution in [1.82, 2.24) is 9.97 Å². The summed E-state index contributed by atoms with van der Waals surface area (Å²) >= 11 is 6.28. The molecule has 0 saturated heterocycles. The van der Waals surface area contributed by atoms with Crippen LogP contribution in [0.4, 0.5) is 11.4 Å². The molecule has 2 aromatic carbocycles. The van der Waals surface area contributed by atoms with Crippen LogP contribution < -0.4 is 4.90 Å². The summed E-state index contributed by atoms with van der Waals surface area (Å²) in [5, 5.41) is 22.8. The number of aromatic hydroxyl groups is 1. The van der Waals surface area contributed by atoms with Crippen LogP contribution in [-0.4, -0.2) is 51.4 Å². The van der Waals surface area contributed by atoms with Crippen molar-refractivity contribution in [1.29, 1.82) is 0 Å². The summed E-state index contributed by atoms with van der Waals surface area (Å²) in [6.45, 7) is 1.94. The Kier molecular flexibility index (Phi) is 4.98. The lowest BCUT2D eigenvalue weighted by Crippen LogP contribution is -2.30. The summed E-state index contributed by atoms with van der Waals surface area (Å²) in [4.78, 5) is 44.2. The molecule has 0 saturated carbocycles. The normalized spacial score (nSPS) is 15.1. The lowest BCUT2D eigenvalue weighted by Gasteiger charge is -2.17. The van der Waals surface area contributed by atoms with Gasteiger partial charge in [0, 0.05) is 58.5 Å². The monoisotopic (exact) mass is 482 g/mol. The van der Waals surface area contributed by atoms with Gasteiger partial charge in [-0.2, -0.15) is 0 Å². The predicted molar refractivity (Wildman–Crippen MR) is 126 cm³/mol. The number of alkyl halides is 1. The van der Waals surface area contributed by atoms with Gasteiger partial charge in [-0.1, -0.05) is 0 Å². The average molecular weight is 483 g/mol. The van der Waals surface area contributed by atoms with Crippen molar-refractivity contribution in [2.24, 2.45) is 0 Å². The molecule has 34 heavy (non-hydrogen) atoms. The number of halogens is 1. The zero-order chi connectivity index (χ0) is 24.3. The second kappa shape index (κ2) is 7.77. The maximum atomic E-state index is 13.5. The van der Waals surface area contributed by atoms with Gasteiger partial charge < -0.3 is 24.7 Å². The minimum atomic E-state index is -0.563. The average Bonchev–Trinajstić information content (AvgIpc) is 3.50. The fraction of sp³-hybridized carbons (Fsp3) is 0.217. The Hall–Kier alpha value is -4.05. The summed E-state index contributed by atoms with van der Waals surface area (Å²) in [6.07, 6.45) is 0. The molecule has 11 heteroatoms. The molecule has 0 radical (unpaired) electrons. The number of carbonyl (C=O) groups is 2. The predicted octanol–water partition coefficient (Wildman–Crippen LogP) is 4.34. The van der Waals surface area contributed by atoms with Crippen molar-refractivity contribution in [3.63, 3.8) is 0 Å². The van der Waals surface area contributed by atoms with Gasteiger partial charge in [0.1, 0.15) is 11.4 Å². The van der Waals surface area contributed by atoms with E-state index in [1.54, 1.807) is 19.1 Å². The molecule has 0 aliphatic carbocycles. The first-order chi connectivity index (χ1) is 16.2. The molecule has 1 aliphatic heterocycles.